The maximum absolute atomic E-state index is 6.06. The molecule has 1 aliphatic heterocycles. The molecule has 2 atom stereocenters. The van der Waals surface area contributed by atoms with E-state index < -0.39 is 0 Å². The first-order valence-electron chi connectivity index (χ1n) is 7.45. The summed E-state index contributed by atoms with van der Waals surface area (Å²) in [5.74, 6) is 0. The second-order valence-corrected chi connectivity index (χ2v) is 7.02. The fourth-order valence-electron chi connectivity index (χ4n) is 2.88. The molecule has 20 heavy (non-hydrogen) atoms. The second-order valence-electron chi connectivity index (χ2n) is 5.94. The number of fused-ring (bicyclic) bond motifs is 3. The molecule has 1 aromatic heterocycles. The molecule has 0 fully saturated rings. The van der Waals surface area contributed by atoms with E-state index in [4.69, 9.17) is 4.74 Å². The Morgan fingerprint density at radius 2 is 2.15 bits per heavy atom. The lowest BCUT2D eigenvalue weighted by Gasteiger charge is -2.26. The third-order valence-corrected chi connectivity index (χ3v) is 5.73. The van der Waals surface area contributed by atoms with Crippen LogP contribution in [0.5, 0.6) is 0 Å². The number of thiophene rings is 1. The summed E-state index contributed by atoms with van der Waals surface area (Å²) in [5, 5.41) is 1.45. The summed E-state index contributed by atoms with van der Waals surface area (Å²) >= 11 is 1.93. The average molecular weight is 289 g/mol. The van der Waals surface area contributed by atoms with Crippen LogP contribution in [0.15, 0.2) is 24.3 Å². The van der Waals surface area contributed by atoms with Crippen LogP contribution in [-0.4, -0.2) is 31.6 Å². The lowest BCUT2D eigenvalue weighted by Crippen LogP contribution is -2.25. The van der Waals surface area contributed by atoms with E-state index in [1.165, 1.54) is 21.4 Å². The van der Waals surface area contributed by atoms with Crippen LogP contribution in [0.4, 0.5) is 0 Å². The number of hydrogen-bond donors (Lipinski definition) is 0. The van der Waals surface area contributed by atoms with Gasteiger partial charge in [-0.2, -0.15) is 0 Å². The highest BCUT2D eigenvalue weighted by molar-refractivity contribution is 7.19. The standard InChI is InChI=1S/C17H23NOS/c1-12(18(2)3)8-9-15-17-14(10-11-19-15)13-6-4-5-7-16(13)20-17/h4-7,12,15H,8-11H2,1-3H3. The Morgan fingerprint density at radius 3 is 2.95 bits per heavy atom. The van der Waals surface area contributed by atoms with Gasteiger partial charge in [0, 0.05) is 15.6 Å². The van der Waals surface area contributed by atoms with Crippen LogP contribution in [0.25, 0.3) is 10.1 Å². The molecule has 0 aliphatic carbocycles. The highest BCUT2D eigenvalue weighted by atomic mass is 32.1. The SMILES string of the molecule is CC(CCC1OCCc2c1sc1ccccc21)N(C)C. The number of hydrogen-bond acceptors (Lipinski definition) is 3. The van der Waals surface area contributed by atoms with Crippen molar-refractivity contribution in [1.82, 2.24) is 4.90 Å². The smallest absolute Gasteiger partial charge is 0.0920 e. The molecule has 3 rings (SSSR count). The Morgan fingerprint density at radius 1 is 1.35 bits per heavy atom. The maximum atomic E-state index is 6.06. The van der Waals surface area contributed by atoms with Crippen molar-refractivity contribution in [2.24, 2.45) is 0 Å². The van der Waals surface area contributed by atoms with E-state index in [0.29, 0.717) is 12.1 Å². The van der Waals surface area contributed by atoms with E-state index in [1.807, 2.05) is 11.3 Å². The lowest BCUT2D eigenvalue weighted by molar-refractivity contribution is 0.0346. The molecule has 2 aromatic rings. The fraction of sp³-hybridized carbons (Fsp3) is 0.529. The Balaban J connectivity index is 1.83. The number of benzene rings is 1. The molecule has 2 heterocycles. The van der Waals surface area contributed by atoms with Crippen LogP contribution in [0.3, 0.4) is 0 Å². The van der Waals surface area contributed by atoms with Gasteiger partial charge in [0.05, 0.1) is 12.7 Å². The van der Waals surface area contributed by atoms with Crippen LogP contribution >= 0.6 is 11.3 Å². The lowest BCUT2D eigenvalue weighted by atomic mass is 9.99. The van der Waals surface area contributed by atoms with E-state index in [-0.39, 0.29) is 0 Å². The van der Waals surface area contributed by atoms with E-state index in [1.54, 1.807) is 5.56 Å². The minimum atomic E-state index is 0.304. The summed E-state index contributed by atoms with van der Waals surface area (Å²) in [6.07, 6.45) is 3.68. The zero-order valence-corrected chi connectivity index (χ0v) is 13.4. The van der Waals surface area contributed by atoms with Crippen molar-refractivity contribution in [3.05, 3.63) is 34.7 Å². The Hall–Kier alpha value is -0.900. The van der Waals surface area contributed by atoms with Gasteiger partial charge in [-0.25, -0.2) is 0 Å². The second kappa shape index (κ2) is 5.84. The normalized spacial score (nSPS) is 20.3. The van der Waals surface area contributed by atoms with Gasteiger partial charge in [-0.15, -0.1) is 11.3 Å². The van der Waals surface area contributed by atoms with Crippen LogP contribution in [0, 0.1) is 0 Å². The predicted molar refractivity (Wildman–Crippen MR) is 86.6 cm³/mol. The Bertz CT molecular complexity index is 590. The van der Waals surface area contributed by atoms with Gasteiger partial charge in [0.2, 0.25) is 0 Å². The van der Waals surface area contributed by atoms with Gasteiger partial charge in [-0.3, -0.25) is 0 Å². The third kappa shape index (κ3) is 2.62. The molecule has 0 amide bonds. The first-order valence-corrected chi connectivity index (χ1v) is 8.27. The topological polar surface area (TPSA) is 12.5 Å². The highest BCUT2D eigenvalue weighted by Gasteiger charge is 2.25. The fourth-order valence-corrected chi connectivity index (χ4v) is 4.22. The summed E-state index contributed by atoms with van der Waals surface area (Å²) < 4.78 is 7.47. The van der Waals surface area contributed by atoms with Crippen LogP contribution in [-0.2, 0) is 11.2 Å². The molecule has 0 N–H and O–H groups in total. The van der Waals surface area contributed by atoms with Crippen molar-refractivity contribution in [2.75, 3.05) is 20.7 Å². The van der Waals surface area contributed by atoms with Crippen molar-refractivity contribution >= 4 is 21.4 Å². The Kier molecular flexibility index (Phi) is 4.11. The minimum absolute atomic E-state index is 0.304. The average Bonchev–Trinajstić information content (AvgIpc) is 2.83. The molecule has 3 heteroatoms. The molecule has 2 nitrogen and oxygen atoms in total. The molecular weight excluding hydrogens is 266 g/mol. The van der Waals surface area contributed by atoms with Crippen molar-refractivity contribution in [3.63, 3.8) is 0 Å². The summed E-state index contributed by atoms with van der Waals surface area (Å²) in [6.45, 7) is 3.16. The van der Waals surface area contributed by atoms with Crippen molar-refractivity contribution < 1.29 is 4.74 Å². The first-order chi connectivity index (χ1) is 9.66. The van der Waals surface area contributed by atoms with Crippen molar-refractivity contribution in [1.29, 1.82) is 0 Å². The summed E-state index contributed by atoms with van der Waals surface area (Å²) in [7, 11) is 4.30. The minimum Gasteiger partial charge on any atom is -0.372 e. The quantitative estimate of drug-likeness (QED) is 0.834. The van der Waals surface area contributed by atoms with E-state index in [0.717, 1.165) is 19.4 Å². The molecule has 0 saturated carbocycles. The van der Waals surface area contributed by atoms with E-state index in [2.05, 4.69) is 50.2 Å². The zero-order valence-electron chi connectivity index (χ0n) is 12.6. The van der Waals surface area contributed by atoms with Gasteiger partial charge >= 0.3 is 0 Å². The first kappa shape index (κ1) is 14.1. The molecule has 0 saturated heterocycles. The number of nitrogens with zero attached hydrogens (tertiary/aromatic N) is 1. The van der Waals surface area contributed by atoms with Crippen LogP contribution in [0.1, 0.15) is 36.3 Å². The van der Waals surface area contributed by atoms with Gasteiger partial charge in [-0.05, 0) is 57.3 Å². The molecule has 0 bridgehead atoms. The molecule has 0 spiro atoms. The van der Waals surface area contributed by atoms with Gasteiger partial charge in [0.1, 0.15) is 0 Å². The zero-order chi connectivity index (χ0) is 14.1. The van der Waals surface area contributed by atoms with Gasteiger partial charge in [0.15, 0.2) is 0 Å². The van der Waals surface area contributed by atoms with Crippen molar-refractivity contribution in [2.45, 2.75) is 38.3 Å². The molecule has 1 aliphatic rings. The largest absolute Gasteiger partial charge is 0.372 e. The Labute approximate surface area is 125 Å². The summed E-state index contributed by atoms with van der Waals surface area (Å²) in [6, 6.07) is 9.38. The summed E-state index contributed by atoms with van der Waals surface area (Å²) in [4.78, 5) is 3.76. The monoisotopic (exact) mass is 289 g/mol. The third-order valence-electron chi connectivity index (χ3n) is 4.42. The number of rotatable bonds is 4. The van der Waals surface area contributed by atoms with Crippen LogP contribution in [0.2, 0.25) is 0 Å². The van der Waals surface area contributed by atoms with E-state index >= 15 is 0 Å². The van der Waals surface area contributed by atoms with Crippen LogP contribution < -0.4 is 0 Å². The molecule has 108 valence electrons. The van der Waals surface area contributed by atoms with Gasteiger partial charge in [-0.1, -0.05) is 18.2 Å². The van der Waals surface area contributed by atoms with Crippen molar-refractivity contribution in [3.8, 4) is 0 Å². The molecule has 1 aromatic carbocycles. The highest BCUT2D eigenvalue weighted by Crippen LogP contribution is 2.41. The van der Waals surface area contributed by atoms with Gasteiger partial charge < -0.3 is 9.64 Å². The summed E-state index contributed by atoms with van der Waals surface area (Å²) in [5.41, 5.74) is 1.54. The van der Waals surface area contributed by atoms with Gasteiger partial charge in [0.25, 0.3) is 0 Å². The maximum Gasteiger partial charge on any atom is 0.0920 e. The molecular formula is C17H23NOS. The van der Waals surface area contributed by atoms with E-state index in [9.17, 15) is 0 Å². The predicted octanol–water partition coefficient (Wildman–Crippen LogP) is 4.25. The molecule has 0 radical (unpaired) electrons. The molecule has 2 unspecified atom stereocenters. The number of ether oxygens (including phenoxy) is 1.